The van der Waals surface area contributed by atoms with Crippen molar-refractivity contribution in [3.8, 4) is 0 Å². The summed E-state index contributed by atoms with van der Waals surface area (Å²) in [6, 6.07) is 0.972. The first-order valence-corrected chi connectivity index (χ1v) is 4.48. The van der Waals surface area contributed by atoms with E-state index in [9.17, 15) is 0 Å². The van der Waals surface area contributed by atoms with Crippen LogP contribution >= 0.6 is 23.2 Å². The maximum absolute atomic E-state index is 5.76. The van der Waals surface area contributed by atoms with Gasteiger partial charge in [-0.1, -0.05) is 0 Å². The Balaban J connectivity index is 3.98. The molecule has 0 aromatic rings. The number of hydrogen-bond donors (Lipinski definition) is 1. The molecule has 0 atom stereocenters. The molecule has 10 heavy (non-hydrogen) atoms. The fraction of sp³-hybridized carbons (Fsp3) is 1.00. The largest absolute Gasteiger partial charge is 0.303 e. The van der Waals surface area contributed by atoms with E-state index in [1.165, 1.54) is 4.90 Å². The van der Waals surface area contributed by atoms with E-state index in [0.29, 0.717) is 12.1 Å². The Kier molecular flexibility index (Phi) is 4.66. The predicted octanol–water partition coefficient (Wildman–Crippen LogP) is 1.45. The summed E-state index contributed by atoms with van der Waals surface area (Å²) >= 11 is 11.5. The molecule has 0 bridgehead atoms. The monoisotopic (exact) mass is 184 g/mol. The van der Waals surface area contributed by atoms with Gasteiger partial charge in [0.1, 0.15) is 0 Å². The van der Waals surface area contributed by atoms with Crippen molar-refractivity contribution in [3.05, 3.63) is 0 Å². The zero-order valence-electron chi connectivity index (χ0n) is 6.99. The van der Waals surface area contributed by atoms with Gasteiger partial charge >= 0.3 is 0 Å². The molecule has 0 fully saturated rings. The highest BCUT2D eigenvalue weighted by atomic mass is 35.5. The molecule has 0 rings (SSSR count). The molecule has 3 heteroatoms. The third-order valence-corrected chi connectivity index (χ3v) is 2.09. The molecule has 0 unspecified atom stereocenters. The molecule has 0 heterocycles. The smallest absolute Gasteiger partial charge is 0.240 e. The molecule has 0 saturated carbocycles. The summed E-state index contributed by atoms with van der Waals surface area (Å²) in [5.41, 5.74) is 0. The molecule has 0 spiro atoms. The van der Waals surface area contributed by atoms with E-state index >= 15 is 0 Å². The molecule has 1 nitrogen and oxygen atoms in total. The molecule has 0 aliphatic rings. The summed E-state index contributed by atoms with van der Waals surface area (Å²) in [5.74, 6) is 0. The fourth-order valence-corrected chi connectivity index (χ4v) is 2.18. The molecule has 0 saturated heterocycles. The first-order valence-electron chi connectivity index (χ1n) is 3.61. The summed E-state index contributed by atoms with van der Waals surface area (Å²) < 4.78 is 0. The zero-order valence-corrected chi connectivity index (χ0v) is 8.50. The molecule has 1 N–H and O–H groups in total. The highest BCUT2D eigenvalue weighted by Crippen LogP contribution is 1.94. The van der Waals surface area contributed by atoms with Gasteiger partial charge in [0, 0.05) is 0 Å². The van der Waals surface area contributed by atoms with Crippen molar-refractivity contribution in [1.29, 1.82) is 0 Å². The van der Waals surface area contributed by atoms with E-state index in [4.69, 9.17) is 23.2 Å². The third-order valence-electron chi connectivity index (χ3n) is 1.59. The van der Waals surface area contributed by atoms with Gasteiger partial charge in [0.05, 0.1) is 12.1 Å². The standard InChI is InChI=1S/C7H15Cl2N/c1-5(2)10(6(3)4)7(8)9/h5-7H,1-4H3/p+1. The summed E-state index contributed by atoms with van der Waals surface area (Å²) in [7, 11) is 0. The van der Waals surface area contributed by atoms with Gasteiger partial charge in [-0.15, -0.1) is 0 Å². The summed E-state index contributed by atoms with van der Waals surface area (Å²) in [4.78, 5) is 0.920. The van der Waals surface area contributed by atoms with Crippen LogP contribution in [-0.4, -0.2) is 17.0 Å². The van der Waals surface area contributed by atoms with Gasteiger partial charge in [0.25, 0.3) is 0 Å². The minimum Gasteiger partial charge on any atom is -0.303 e. The fourth-order valence-electron chi connectivity index (χ4n) is 1.17. The molecule has 0 aliphatic heterocycles. The minimum atomic E-state index is -0.306. The number of hydrogen-bond acceptors (Lipinski definition) is 0. The van der Waals surface area contributed by atoms with Gasteiger partial charge in [-0.05, 0) is 50.9 Å². The van der Waals surface area contributed by atoms with E-state index < -0.39 is 0 Å². The van der Waals surface area contributed by atoms with Gasteiger partial charge in [-0.3, -0.25) is 0 Å². The molecule has 0 aromatic heterocycles. The number of alkyl halides is 2. The Labute approximate surface area is 73.3 Å². The first kappa shape index (κ1) is 10.5. The van der Waals surface area contributed by atoms with Crippen molar-refractivity contribution in [1.82, 2.24) is 0 Å². The van der Waals surface area contributed by atoms with Crippen LogP contribution in [0.3, 0.4) is 0 Å². The Bertz CT molecular complexity index is 72.6. The van der Waals surface area contributed by atoms with Crippen LogP contribution in [0.4, 0.5) is 0 Å². The van der Waals surface area contributed by atoms with Crippen LogP contribution in [-0.2, 0) is 0 Å². The maximum atomic E-state index is 5.76. The summed E-state index contributed by atoms with van der Waals surface area (Å²) in [5, 5.41) is 0. The van der Waals surface area contributed by atoms with Crippen LogP contribution in [0, 0.1) is 0 Å². The van der Waals surface area contributed by atoms with Gasteiger partial charge < -0.3 is 4.90 Å². The van der Waals surface area contributed by atoms with Gasteiger partial charge in [-0.25, -0.2) is 0 Å². The van der Waals surface area contributed by atoms with Crippen LogP contribution in [0.15, 0.2) is 0 Å². The lowest BCUT2D eigenvalue weighted by Gasteiger charge is -2.27. The van der Waals surface area contributed by atoms with Crippen LogP contribution in [0.1, 0.15) is 27.7 Å². The second-order valence-corrected chi connectivity index (χ2v) is 4.21. The normalized spacial score (nSPS) is 12.6. The van der Waals surface area contributed by atoms with Crippen molar-refractivity contribution in [2.75, 3.05) is 0 Å². The lowest BCUT2D eigenvalue weighted by atomic mass is 10.2. The Hall–Kier alpha value is 0.540. The second-order valence-electron chi connectivity index (χ2n) is 3.11. The average molecular weight is 185 g/mol. The van der Waals surface area contributed by atoms with E-state index in [1.54, 1.807) is 0 Å². The third kappa shape index (κ3) is 3.09. The highest BCUT2D eigenvalue weighted by Gasteiger charge is 2.23. The van der Waals surface area contributed by atoms with Crippen LogP contribution in [0.2, 0.25) is 0 Å². The topological polar surface area (TPSA) is 4.44 Å². The van der Waals surface area contributed by atoms with E-state index in [0.717, 1.165) is 0 Å². The lowest BCUT2D eigenvalue weighted by molar-refractivity contribution is -0.942. The van der Waals surface area contributed by atoms with Crippen LogP contribution < -0.4 is 4.90 Å². The van der Waals surface area contributed by atoms with E-state index in [2.05, 4.69) is 27.7 Å². The molecule has 62 valence electrons. The Morgan fingerprint density at radius 1 is 0.900 bits per heavy atom. The van der Waals surface area contributed by atoms with Crippen molar-refractivity contribution < 1.29 is 4.90 Å². The van der Waals surface area contributed by atoms with E-state index in [-0.39, 0.29) is 4.96 Å². The SMILES string of the molecule is CC(C)[NH+](C(C)C)C(Cl)Cl. The van der Waals surface area contributed by atoms with Crippen molar-refractivity contribution in [2.45, 2.75) is 44.7 Å². The van der Waals surface area contributed by atoms with Gasteiger partial charge in [0.15, 0.2) is 0 Å². The maximum Gasteiger partial charge on any atom is 0.240 e. The van der Waals surface area contributed by atoms with Crippen molar-refractivity contribution >= 4 is 23.2 Å². The van der Waals surface area contributed by atoms with Crippen molar-refractivity contribution in [3.63, 3.8) is 0 Å². The van der Waals surface area contributed by atoms with E-state index in [1.807, 2.05) is 0 Å². The first-order chi connectivity index (χ1) is 4.46. The summed E-state index contributed by atoms with van der Waals surface area (Å²) in [6.07, 6.45) is 0. The lowest BCUT2D eigenvalue weighted by Crippen LogP contribution is -3.19. The number of rotatable bonds is 3. The van der Waals surface area contributed by atoms with Crippen LogP contribution in [0.25, 0.3) is 0 Å². The predicted molar refractivity (Wildman–Crippen MR) is 46.7 cm³/mol. The average Bonchev–Trinajstić information content (AvgIpc) is 1.59. The number of nitrogens with one attached hydrogen (secondary N) is 1. The number of halogens is 2. The zero-order chi connectivity index (χ0) is 8.31. The number of quaternary nitrogens is 1. The van der Waals surface area contributed by atoms with Gasteiger partial charge in [-0.2, -0.15) is 0 Å². The van der Waals surface area contributed by atoms with Gasteiger partial charge in [0.2, 0.25) is 4.96 Å². The molecular weight excluding hydrogens is 169 g/mol. The summed E-state index contributed by atoms with van der Waals surface area (Å²) in [6.45, 7) is 8.47. The molecular formula is C7H16Cl2N+. The highest BCUT2D eigenvalue weighted by molar-refractivity contribution is 6.42. The quantitative estimate of drug-likeness (QED) is 0.501. The Morgan fingerprint density at radius 3 is 1.20 bits per heavy atom. The Morgan fingerprint density at radius 2 is 1.20 bits per heavy atom. The molecule has 0 radical (unpaired) electrons. The molecule has 0 amide bonds. The minimum absolute atomic E-state index is 0.306. The van der Waals surface area contributed by atoms with Crippen molar-refractivity contribution in [2.24, 2.45) is 0 Å². The molecule has 0 aromatic carbocycles. The molecule has 0 aliphatic carbocycles. The second kappa shape index (κ2) is 4.42. The van der Waals surface area contributed by atoms with Crippen LogP contribution in [0.5, 0.6) is 0 Å².